The number of benzene rings is 1. The SMILES string of the molecule is C=C(C(=O)NCc1ccc(C(F)(F)F)cc1)/C(O)=C(\C)NCC. The Morgan fingerprint density at radius 3 is 2.26 bits per heavy atom. The molecule has 0 spiro atoms. The van der Waals surface area contributed by atoms with E-state index >= 15 is 0 Å². The smallest absolute Gasteiger partial charge is 0.416 e. The van der Waals surface area contributed by atoms with Crippen LogP contribution in [0.5, 0.6) is 0 Å². The lowest BCUT2D eigenvalue weighted by Crippen LogP contribution is -2.26. The van der Waals surface area contributed by atoms with E-state index in [-0.39, 0.29) is 17.9 Å². The maximum atomic E-state index is 12.4. The molecule has 0 saturated heterocycles. The molecular formula is C16H19F3N2O2. The van der Waals surface area contributed by atoms with Crippen LogP contribution in [0.25, 0.3) is 0 Å². The number of carbonyl (C=O) groups excluding carboxylic acids is 1. The Balaban J connectivity index is 2.66. The second-order valence-corrected chi connectivity index (χ2v) is 4.86. The van der Waals surface area contributed by atoms with E-state index in [1.54, 1.807) is 6.92 Å². The molecule has 1 amide bonds. The lowest BCUT2D eigenvalue weighted by atomic mass is 10.1. The first-order valence-electron chi connectivity index (χ1n) is 6.94. The number of nitrogens with one attached hydrogen (secondary N) is 2. The normalized spacial score (nSPS) is 12.4. The van der Waals surface area contributed by atoms with Gasteiger partial charge in [-0.3, -0.25) is 4.79 Å². The minimum Gasteiger partial charge on any atom is -0.505 e. The van der Waals surface area contributed by atoms with E-state index < -0.39 is 17.6 Å². The van der Waals surface area contributed by atoms with Gasteiger partial charge in [-0.05, 0) is 31.5 Å². The summed E-state index contributed by atoms with van der Waals surface area (Å²) in [4.78, 5) is 11.9. The zero-order valence-electron chi connectivity index (χ0n) is 12.9. The van der Waals surface area contributed by atoms with Crippen molar-refractivity contribution >= 4 is 5.91 Å². The molecule has 0 saturated carbocycles. The summed E-state index contributed by atoms with van der Waals surface area (Å²) in [7, 11) is 0. The van der Waals surface area contributed by atoms with Gasteiger partial charge in [0, 0.05) is 13.1 Å². The molecule has 0 aliphatic carbocycles. The second-order valence-electron chi connectivity index (χ2n) is 4.86. The fourth-order valence-electron chi connectivity index (χ4n) is 1.78. The molecule has 1 rings (SSSR count). The van der Waals surface area contributed by atoms with Crippen LogP contribution in [-0.2, 0) is 17.5 Å². The van der Waals surface area contributed by atoms with Crippen molar-refractivity contribution in [2.75, 3.05) is 6.54 Å². The molecule has 23 heavy (non-hydrogen) atoms. The van der Waals surface area contributed by atoms with E-state index in [0.29, 0.717) is 17.8 Å². The van der Waals surface area contributed by atoms with Crippen LogP contribution in [-0.4, -0.2) is 17.6 Å². The Labute approximate surface area is 132 Å². The Bertz CT molecular complexity index is 605. The number of hydrogen-bond acceptors (Lipinski definition) is 3. The Morgan fingerprint density at radius 2 is 1.78 bits per heavy atom. The van der Waals surface area contributed by atoms with Gasteiger partial charge < -0.3 is 15.7 Å². The maximum absolute atomic E-state index is 12.4. The van der Waals surface area contributed by atoms with Gasteiger partial charge in [-0.1, -0.05) is 18.7 Å². The van der Waals surface area contributed by atoms with Crippen LogP contribution in [0.4, 0.5) is 13.2 Å². The van der Waals surface area contributed by atoms with Gasteiger partial charge in [-0.25, -0.2) is 0 Å². The van der Waals surface area contributed by atoms with Crippen molar-refractivity contribution in [3.05, 3.63) is 59.0 Å². The highest BCUT2D eigenvalue weighted by molar-refractivity contribution is 5.96. The van der Waals surface area contributed by atoms with E-state index in [9.17, 15) is 23.1 Å². The molecule has 1 aromatic rings. The van der Waals surface area contributed by atoms with E-state index in [1.807, 2.05) is 6.92 Å². The number of aliphatic hydroxyl groups excluding tert-OH is 1. The molecule has 0 unspecified atom stereocenters. The number of hydrogen-bond donors (Lipinski definition) is 3. The molecule has 0 fully saturated rings. The molecule has 0 bridgehead atoms. The minimum absolute atomic E-state index is 0.0313. The number of amides is 1. The fourth-order valence-corrected chi connectivity index (χ4v) is 1.78. The predicted molar refractivity (Wildman–Crippen MR) is 81.4 cm³/mol. The van der Waals surface area contributed by atoms with Crippen LogP contribution in [0.15, 0.2) is 47.9 Å². The van der Waals surface area contributed by atoms with Gasteiger partial charge in [0.2, 0.25) is 0 Å². The largest absolute Gasteiger partial charge is 0.505 e. The Kier molecular flexibility index (Phi) is 6.24. The van der Waals surface area contributed by atoms with E-state index in [1.165, 1.54) is 12.1 Å². The molecule has 0 aliphatic rings. The first-order chi connectivity index (χ1) is 10.7. The third-order valence-corrected chi connectivity index (χ3v) is 3.09. The second kappa shape index (κ2) is 7.71. The molecule has 0 heterocycles. The minimum atomic E-state index is -4.39. The lowest BCUT2D eigenvalue weighted by molar-refractivity contribution is -0.137. The average molecular weight is 328 g/mol. The molecule has 0 aromatic heterocycles. The van der Waals surface area contributed by atoms with Gasteiger partial charge in [0.15, 0.2) is 0 Å². The van der Waals surface area contributed by atoms with Crippen LogP contribution in [0.3, 0.4) is 0 Å². The number of alkyl halides is 3. The van der Waals surface area contributed by atoms with Crippen LogP contribution in [0, 0.1) is 0 Å². The summed E-state index contributed by atoms with van der Waals surface area (Å²) in [5.74, 6) is -0.851. The molecule has 126 valence electrons. The quantitative estimate of drug-likeness (QED) is 0.427. The average Bonchev–Trinajstić information content (AvgIpc) is 2.50. The molecule has 0 aliphatic heterocycles. The summed E-state index contributed by atoms with van der Waals surface area (Å²) in [5, 5.41) is 15.2. The highest BCUT2D eigenvalue weighted by Crippen LogP contribution is 2.29. The van der Waals surface area contributed by atoms with Crippen LogP contribution >= 0.6 is 0 Å². The summed E-state index contributed by atoms with van der Waals surface area (Å²) in [6, 6.07) is 4.46. The summed E-state index contributed by atoms with van der Waals surface area (Å²) in [6.07, 6.45) is -4.39. The Hall–Kier alpha value is -2.44. The highest BCUT2D eigenvalue weighted by Gasteiger charge is 2.29. The molecule has 0 atom stereocenters. The molecule has 3 N–H and O–H groups in total. The standard InChI is InChI=1S/C16H19F3N2O2/c1-4-20-11(3)14(22)10(2)15(23)21-9-12-5-7-13(8-6-12)16(17,18)19/h5-8,20,22H,2,4,9H2,1,3H3,(H,21,23)/b14-11-. The lowest BCUT2D eigenvalue weighted by Gasteiger charge is -2.11. The fraction of sp³-hybridized carbons (Fsp3) is 0.312. The zero-order valence-corrected chi connectivity index (χ0v) is 12.9. The van der Waals surface area contributed by atoms with Gasteiger partial charge >= 0.3 is 6.18 Å². The molecule has 1 aromatic carbocycles. The van der Waals surface area contributed by atoms with Crippen molar-refractivity contribution in [3.8, 4) is 0 Å². The van der Waals surface area contributed by atoms with Gasteiger partial charge in [0.25, 0.3) is 5.91 Å². The van der Waals surface area contributed by atoms with Gasteiger partial charge in [-0.15, -0.1) is 0 Å². The van der Waals surface area contributed by atoms with Crippen molar-refractivity contribution in [2.24, 2.45) is 0 Å². The van der Waals surface area contributed by atoms with Crippen LogP contribution < -0.4 is 10.6 Å². The first kappa shape index (κ1) is 18.6. The van der Waals surface area contributed by atoms with Crippen molar-refractivity contribution in [2.45, 2.75) is 26.6 Å². The predicted octanol–water partition coefficient (Wildman–Crippen LogP) is 3.28. The van der Waals surface area contributed by atoms with E-state index in [4.69, 9.17) is 0 Å². The number of carbonyl (C=O) groups is 1. The molecule has 0 radical (unpaired) electrons. The number of halogens is 3. The molecular weight excluding hydrogens is 309 g/mol. The van der Waals surface area contributed by atoms with Crippen molar-refractivity contribution in [1.82, 2.24) is 10.6 Å². The number of aliphatic hydroxyl groups is 1. The van der Waals surface area contributed by atoms with Gasteiger partial charge in [0.05, 0.1) is 16.8 Å². The number of allylic oxidation sites excluding steroid dienone is 1. The maximum Gasteiger partial charge on any atom is 0.416 e. The van der Waals surface area contributed by atoms with Gasteiger partial charge in [0.1, 0.15) is 5.76 Å². The summed E-state index contributed by atoms with van der Waals surface area (Å²) in [5.41, 5.74) is 0.0578. The summed E-state index contributed by atoms with van der Waals surface area (Å²) in [6.45, 7) is 7.56. The number of rotatable bonds is 6. The van der Waals surface area contributed by atoms with Gasteiger partial charge in [-0.2, -0.15) is 13.2 Å². The highest BCUT2D eigenvalue weighted by atomic mass is 19.4. The third-order valence-electron chi connectivity index (χ3n) is 3.09. The molecule has 7 heteroatoms. The Morgan fingerprint density at radius 1 is 1.22 bits per heavy atom. The van der Waals surface area contributed by atoms with Crippen molar-refractivity contribution < 1.29 is 23.1 Å². The van der Waals surface area contributed by atoms with E-state index in [0.717, 1.165) is 12.1 Å². The monoisotopic (exact) mass is 328 g/mol. The molecule has 4 nitrogen and oxygen atoms in total. The van der Waals surface area contributed by atoms with Crippen molar-refractivity contribution in [3.63, 3.8) is 0 Å². The van der Waals surface area contributed by atoms with Crippen molar-refractivity contribution in [1.29, 1.82) is 0 Å². The summed E-state index contributed by atoms with van der Waals surface area (Å²) < 4.78 is 37.3. The topological polar surface area (TPSA) is 61.4 Å². The van der Waals surface area contributed by atoms with Crippen LogP contribution in [0.2, 0.25) is 0 Å². The first-order valence-corrected chi connectivity index (χ1v) is 6.94. The summed E-state index contributed by atoms with van der Waals surface area (Å²) >= 11 is 0. The zero-order chi connectivity index (χ0) is 17.6. The third kappa shape index (κ3) is 5.36. The van der Waals surface area contributed by atoms with E-state index in [2.05, 4.69) is 17.2 Å². The van der Waals surface area contributed by atoms with Crippen LogP contribution in [0.1, 0.15) is 25.0 Å².